The van der Waals surface area contributed by atoms with E-state index in [2.05, 4.69) is 12.1 Å². The van der Waals surface area contributed by atoms with Crippen molar-refractivity contribution in [1.82, 2.24) is 4.90 Å². The van der Waals surface area contributed by atoms with Crippen molar-refractivity contribution in [3.8, 4) is 17.2 Å². The number of hydrogen-bond acceptors (Lipinski definition) is 5. The van der Waals surface area contributed by atoms with E-state index in [1.807, 2.05) is 29.2 Å². The SMILES string of the molecule is O=C(CCN1C(=O)COc2ccccc21)N1Cc2cc3c(cc2C2(CCCC2)C1)OCCO3. The number of ether oxygens (including phenoxy) is 3. The number of rotatable bonds is 3. The molecule has 3 heterocycles. The molecular weight excluding hydrogens is 420 g/mol. The predicted octanol–water partition coefficient (Wildman–Crippen LogP) is 3.43. The molecule has 3 aliphatic heterocycles. The van der Waals surface area contributed by atoms with Crippen LogP contribution in [0.2, 0.25) is 0 Å². The van der Waals surface area contributed by atoms with Crippen LogP contribution < -0.4 is 19.1 Å². The molecule has 172 valence electrons. The lowest BCUT2D eigenvalue weighted by Crippen LogP contribution is -2.48. The van der Waals surface area contributed by atoms with Crippen LogP contribution in [0.4, 0.5) is 5.69 Å². The molecule has 0 atom stereocenters. The molecule has 7 nitrogen and oxygen atoms in total. The number of carbonyl (C=O) groups excluding carboxylic acids is 2. The summed E-state index contributed by atoms with van der Waals surface area (Å²) in [5.74, 6) is 2.27. The smallest absolute Gasteiger partial charge is 0.265 e. The van der Waals surface area contributed by atoms with Crippen molar-refractivity contribution in [3.05, 3.63) is 47.5 Å². The molecule has 0 saturated heterocycles. The van der Waals surface area contributed by atoms with Gasteiger partial charge in [0.2, 0.25) is 5.91 Å². The van der Waals surface area contributed by atoms with Gasteiger partial charge in [0.1, 0.15) is 19.0 Å². The summed E-state index contributed by atoms with van der Waals surface area (Å²) in [6.45, 7) is 2.79. The second-order valence-electron chi connectivity index (χ2n) is 9.44. The molecule has 0 unspecified atom stereocenters. The van der Waals surface area contributed by atoms with E-state index in [-0.39, 0.29) is 30.3 Å². The lowest BCUT2D eigenvalue weighted by atomic mass is 9.73. The second-order valence-corrected chi connectivity index (χ2v) is 9.44. The average molecular weight is 449 g/mol. The highest BCUT2D eigenvalue weighted by molar-refractivity contribution is 5.98. The topological polar surface area (TPSA) is 68.3 Å². The summed E-state index contributed by atoms with van der Waals surface area (Å²) in [6, 6.07) is 11.7. The Balaban J connectivity index is 1.23. The van der Waals surface area contributed by atoms with E-state index in [0.717, 1.165) is 42.1 Å². The molecule has 6 rings (SSSR count). The van der Waals surface area contributed by atoms with Crippen LogP contribution in [-0.2, 0) is 21.5 Å². The van der Waals surface area contributed by atoms with Gasteiger partial charge in [-0.2, -0.15) is 0 Å². The zero-order valence-corrected chi connectivity index (χ0v) is 18.7. The molecule has 2 amide bonds. The van der Waals surface area contributed by atoms with Gasteiger partial charge >= 0.3 is 0 Å². The van der Waals surface area contributed by atoms with Gasteiger partial charge in [-0.15, -0.1) is 0 Å². The number of nitrogens with zero attached hydrogens (tertiary/aromatic N) is 2. The van der Waals surface area contributed by atoms with Crippen molar-refractivity contribution in [2.75, 3.05) is 37.8 Å². The van der Waals surface area contributed by atoms with E-state index in [9.17, 15) is 9.59 Å². The first-order chi connectivity index (χ1) is 16.1. The average Bonchev–Trinajstić information content (AvgIpc) is 3.31. The van der Waals surface area contributed by atoms with Crippen LogP contribution in [0.3, 0.4) is 0 Å². The summed E-state index contributed by atoms with van der Waals surface area (Å²) in [5.41, 5.74) is 3.21. The van der Waals surface area contributed by atoms with Gasteiger partial charge in [-0.1, -0.05) is 25.0 Å². The minimum atomic E-state index is -0.110. The lowest BCUT2D eigenvalue weighted by Gasteiger charge is -2.43. The minimum Gasteiger partial charge on any atom is -0.486 e. The van der Waals surface area contributed by atoms with Crippen LogP contribution in [0, 0.1) is 0 Å². The maximum Gasteiger partial charge on any atom is 0.265 e. The van der Waals surface area contributed by atoms with Crippen molar-refractivity contribution >= 4 is 17.5 Å². The van der Waals surface area contributed by atoms with Crippen molar-refractivity contribution < 1.29 is 23.8 Å². The number of fused-ring (bicyclic) bond motifs is 4. The highest BCUT2D eigenvalue weighted by Crippen LogP contribution is 2.49. The van der Waals surface area contributed by atoms with Crippen molar-refractivity contribution in [2.45, 2.75) is 44.1 Å². The van der Waals surface area contributed by atoms with E-state index < -0.39 is 0 Å². The Morgan fingerprint density at radius 1 is 0.970 bits per heavy atom. The first-order valence-electron chi connectivity index (χ1n) is 11.9. The van der Waals surface area contributed by atoms with E-state index in [4.69, 9.17) is 14.2 Å². The standard InChI is InChI=1S/C26H28N2O5/c29-24(7-10-28-20-5-1-2-6-21(20)33-16-25(28)30)27-15-18-13-22-23(32-12-11-31-22)14-19(18)26(17-27)8-3-4-9-26/h1-2,5-6,13-14H,3-4,7-12,15-17H2. The summed E-state index contributed by atoms with van der Waals surface area (Å²) in [6.07, 6.45) is 4.80. The summed E-state index contributed by atoms with van der Waals surface area (Å²) in [7, 11) is 0. The Bertz CT molecular complexity index is 1110. The quantitative estimate of drug-likeness (QED) is 0.720. The van der Waals surface area contributed by atoms with Crippen LogP contribution in [-0.4, -0.2) is 49.6 Å². The minimum absolute atomic E-state index is 0.0125. The highest BCUT2D eigenvalue weighted by Gasteiger charge is 2.44. The molecule has 0 aromatic heterocycles. The molecule has 0 N–H and O–H groups in total. The van der Waals surface area contributed by atoms with Crippen LogP contribution >= 0.6 is 0 Å². The molecule has 2 aromatic rings. The number of carbonyl (C=O) groups is 2. The Morgan fingerprint density at radius 3 is 2.55 bits per heavy atom. The molecule has 1 saturated carbocycles. The zero-order chi connectivity index (χ0) is 22.4. The lowest BCUT2D eigenvalue weighted by molar-refractivity contribution is -0.133. The fraction of sp³-hybridized carbons (Fsp3) is 0.462. The Hall–Kier alpha value is -3.22. The van der Waals surface area contributed by atoms with Gasteiger partial charge in [0, 0.05) is 31.5 Å². The summed E-state index contributed by atoms with van der Waals surface area (Å²) < 4.78 is 17.2. The zero-order valence-electron chi connectivity index (χ0n) is 18.7. The maximum absolute atomic E-state index is 13.4. The van der Waals surface area contributed by atoms with Crippen LogP contribution in [0.5, 0.6) is 17.2 Å². The Labute approximate surface area is 193 Å². The molecular formula is C26H28N2O5. The summed E-state index contributed by atoms with van der Waals surface area (Å²) >= 11 is 0. The van der Waals surface area contributed by atoms with Crippen LogP contribution in [0.1, 0.15) is 43.2 Å². The van der Waals surface area contributed by atoms with Crippen molar-refractivity contribution in [1.29, 1.82) is 0 Å². The molecule has 1 fully saturated rings. The van der Waals surface area contributed by atoms with Gasteiger partial charge < -0.3 is 24.0 Å². The van der Waals surface area contributed by atoms with E-state index >= 15 is 0 Å². The van der Waals surface area contributed by atoms with Gasteiger partial charge in [0.05, 0.1) is 5.69 Å². The molecule has 2 aromatic carbocycles. The Kier molecular flexibility index (Phi) is 4.93. The van der Waals surface area contributed by atoms with Crippen molar-refractivity contribution in [2.24, 2.45) is 0 Å². The number of para-hydroxylation sites is 2. The third-order valence-corrected chi connectivity index (χ3v) is 7.46. The van der Waals surface area contributed by atoms with Gasteiger partial charge in [-0.3, -0.25) is 9.59 Å². The molecule has 7 heteroatoms. The van der Waals surface area contributed by atoms with Crippen molar-refractivity contribution in [3.63, 3.8) is 0 Å². The van der Waals surface area contributed by atoms with Gasteiger partial charge in [-0.25, -0.2) is 0 Å². The molecule has 0 radical (unpaired) electrons. The largest absolute Gasteiger partial charge is 0.486 e. The first kappa shape index (κ1) is 20.4. The molecule has 1 spiro atoms. The molecule has 0 bridgehead atoms. The normalized spacial score (nSPS) is 20.3. The highest BCUT2D eigenvalue weighted by atomic mass is 16.6. The van der Waals surface area contributed by atoms with Gasteiger partial charge in [-0.05, 0) is 48.2 Å². The van der Waals surface area contributed by atoms with Gasteiger partial charge in [0.25, 0.3) is 5.91 Å². The monoisotopic (exact) mass is 448 g/mol. The Morgan fingerprint density at radius 2 is 1.73 bits per heavy atom. The molecule has 4 aliphatic rings. The number of benzene rings is 2. The fourth-order valence-corrected chi connectivity index (χ4v) is 5.89. The number of amides is 2. The molecule has 33 heavy (non-hydrogen) atoms. The predicted molar refractivity (Wildman–Crippen MR) is 122 cm³/mol. The molecule has 1 aliphatic carbocycles. The second kappa shape index (κ2) is 7.97. The van der Waals surface area contributed by atoms with Crippen LogP contribution in [0.15, 0.2) is 36.4 Å². The van der Waals surface area contributed by atoms with Crippen LogP contribution in [0.25, 0.3) is 0 Å². The summed E-state index contributed by atoms with van der Waals surface area (Å²) in [4.78, 5) is 29.6. The van der Waals surface area contributed by atoms with E-state index in [0.29, 0.717) is 32.1 Å². The number of hydrogen-bond donors (Lipinski definition) is 0. The maximum atomic E-state index is 13.4. The van der Waals surface area contributed by atoms with Gasteiger partial charge in [0.15, 0.2) is 18.1 Å². The number of anilines is 1. The van der Waals surface area contributed by atoms with E-state index in [1.165, 1.54) is 18.4 Å². The van der Waals surface area contributed by atoms with E-state index in [1.54, 1.807) is 4.90 Å². The summed E-state index contributed by atoms with van der Waals surface area (Å²) in [5, 5.41) is 0. The fourth-order valence-electron chi connectivity index (χ4n) is 5.89. The third kappa shape index (κ3) is 3.50. The third-order valence-electron chi connectivity index (χ3n) is 7.46. The first-order valence-corrected chi connectivity index (χ1v) is 11.9.